The summed E-state index contributed by atoms with van der Waals surface area (Å²) in [6, 6.07) is 10.4. The number of piperidine rings is 1. The van der Waals surface area contributed by atoms with Gasteiger partial charge in [0.25, 0.3) is 0 Å². The van der Waals surface area contributed by atoms with Crippen LogP contribution >= 0.6 is 0 Å². The van der Waals surface area contributed by atoms with Crippen LogP contribution < -0.4 is 0 Å². The smallest absolute Gasteiger partial charge is 0.222 e. The number of benzene rings is 1. The molecular weight excluding hydrogens is 326 g/mol. The highest BCUT2D eigenvalue weighted by Gasteiger charge is 2.34. The molecule has 26 heavy (non-hydrogen) atoms. The van der Waals surface area contributed by atoms with E-state index in [9.17, 15) is 9.90 Å². The monoisotopic (exact) mass is 355 g/mol. The van der Waals surface area contributed by atoms with E-state index in [2.05, 4.69) is 29.4 Å². The molecule has 0 bridgehead atoms. The van der Waals surface area contributed by atoms with Crippen molar-refractivity contribution in [1.82, 2.24) is 14.7 Å². The van der Waals surface area contributed by atoms with Gasteiger partial charge >= 0.3 is 0 Å². The minimum atomic E-state index is -0.0457. The second kappa shape index (κ2) is 8.49. The molecule has 5 nitrogen and oxygen atoms in total. The molecule has 1 aromatic carbocycles. The first-order valence-corrected chi connectivity index (χ1v) is 9.50. The quantitative estimate of drug-likeness (QED) is 0.830. The largest absolute Gasteiger partial charge is 0.396 e. The molecule has 1 aliphatic heterocycles. The lowest BCUT2D eigenvalue weighted by Crippen LogP contribution is -2.45. The van der Waals surface area contributed by atoms with E-state index in [1.54, 1.807) is 4.68 Å². The van der Waals surface area contributed by atoms with Crippen molar-refractivity contribution in [3.63, 3.8) is 0 Å². The van der Waals surface area contributed by atoms with E-state index in [0.29, 0.717) is 6.42 Å². The summed E-state index contributed by atoms with van der Waals surface area (Å²) in [5.74, 6) is 0.212. The number of rotatable bonds is 7. The third-order valence-corrected chi connectivity index (χ3v) is 5.68. The van der Waals surface area contributed by atoms with Gasteiger partial charge in [-0.1, -0.05) is 30.3 Å². The summed E-state index contributed by atoms with van der Waals surface area (Å²) in [4.78, 5) is 14.5. The number of aromatic nitrogens is 2. The molecule has 1 N–H and O–H groups in total. The Bertz CT molecular complexity index is 703. The lowest BCUT2D eigenvalue weighted by atomic mass is 9.75. The van der Waals surface area contributed by atoms with Crippen molar-refractivity contribution in [1.29, 1.82) is 0 Å². The van der Waals surface area contributed by atoms with Crippen LogP contribution in [0, 0.1) is 5.41 Å². The summed E-state index contributed by atoms with van der Waals surface area (Å²) < 4.78 is 1.77. The normalized spacial score (nSPS) is 16.6. The van der Waals surface area contributed by atoms with E-state index >= 15 is 0 Å². The first-order valence-electron chi connectivity index (χ1n) is 9.50. The summed E-state index contributed by atoms with van der Waals surface area (Å²) in [6.07, 6.45) is 8.78. The Labute approximate surface area is 155 Å². The number of carbonyl (C=O) groups is 1. The Morgan fingerprint density at radius 1 is 1.15 bits per heavy atom. The zero-order valence-corrected chi connectivity index (χ0v) is 15.6. The van der Waals surface area contributed by atoms with Gasteiger partial charge in [0, 0.05) is 39.4 Å². The SMILES string of the molecule is Cn1cc(CCC(=O)N2CCC(CO)(CCc3ccccc3)CC2)cn1. The topological polar surface area (TPSA) is 58.4 Å². The van der Waals surface area contributed by atoms with E-state index in [1.807, 2.05) is 30.4 Å². The van der Waals surface area contributed by atoms with Gasteiger partial charge in [0.15, 0.2) is 0 Å². The van der Waals surface area contributed by atoms with E-state index < -0.39 is 0 Å². The van der Waals surface area contributed by atoms with Crippen LogP contribution in [0.3, 0.4) is 0 Å². The van der Waals surface area contributed by atoms with Crippen LogP contribution in [0.1, 0.15) is 36.8 Å². The number of likely N-dealkylation sites (tertiary alicyclic amines) is 1. The van der Waals surface area contributed by atoms with Crippen molar-refractivity contribution in [3.8, 4) is 0 Å². The fourth-order valence-electron chi connectivity index (χ4n) is 3.78. The van der Waals surface area contributed by atoms with E-state index in [4.69, 9.17) is 0 Å². The molecule has 1 aromatic heterocycles. The van der Waals surface area contributed by atoms with Crippen molar-refractivity contribution in [2.24, 2.45) is 12.5 Å². The minimum Gasteiger partial charge on any atom is -0.396 e. The van der Waals surface area contributed by atoms with Crippen LogP contribution in [0.4, 0.5) is 0 Å². The molecule has 2 heterocycles. The molecular formula is C21H29N3O2. The molecule has 0 aliphatic carbocycles. The maximum atomic E-state index is 12.5. The summed E-state index contributed by atoms with van der Waals surface area (Å²) in [6.45, 7) is 1.71. The zero-order valence-electron chi connectivity index (χ0n) is 15.6. The molecule has 1 saturated heterocycles. The lowest BCUT2D eigenvalue weighted by Gasteiger charge is -2.41. The molecule has 1 amide bonds. The second-order valence-electron chi connectivity index (χ2n) is 7.55. The Morgan fingerprint density at radius 2 is 1.88 bits per heavy atom. The van der Waals surface area contributed by atoms with Crippen molar-refractivity contribution >= 4 is 5.91 Å². The molecule has 0 unspecified atom stereocenters. The van der Waals surface area contributed by atoms with Crippen LogP contribution in [-0.4, -0.2) is 45.4 Å². The summed E-state index contributed by atoms with van der Waals surface area (Å²) in [5, 5.41) is 14.1. The number of aliphatic hydroxyl groups excluding tert-OH is 1. The van der Waals surface area contributed by atoms with Crippen molar-refractivity contribution < 1.29 is 9.90 Å². The summed E-state index contributed by atoms with van der Waals surface area (Å²) in [5.41, 5.74) is 2.37. The van der Waals surface area contributed by atoms with Crippen molar-refractivity contribution in [3.05, 3.63) is 53.9 Å². The maximum Gasteiger partial charge on any atom is 0.222 e. The molecule has 1 aliphatic rings. The van der Waals surface area contributed by atoms with Gasteiger partial charge in [-0.2, -0.15) is 5.10 Å². The number of carbonyl (C=O) groups excluding carboxylic acids is 1. The molecule has 5 heteroatoms. The van der Waals surface area contributed by atoms with Crippen LogP contribution in [0.25, 0.3) is 0 Å². The predicted molar refractivity (Wildman–Crippen MR) is 102 cm³/mol. The van der Waals surface area contributed by atoms with Gasteiger partial charge in [-0.3, -0.25) is 9.48 Å². The number of amides is 1. The number of hydrogen-bond acceptors (Lipinski definition) is 3. The predicted octanol–water partition coefficient (Wildman–Crippen LogP) is 2.59. The van der Waals surface area contributed by atoms with Crippen LogP contribution in [0.5, 0.6) is 0 Å². The molecule has 0 spiro atoms. The molecule has 0 saturated carbocycles. The zero-order chi connectivity index (χ0) is 18.4. The molecule has 140 valence electrons. The first-order chi connectivity index (χ1) is 12.6. The van der Waals surface area contributed by atoms with Crippen molar-refractivity contribution in [2.45, 2.75) is 38.5 Å². The van der Waals surface area contributed by atoms with Gasteiger partial charge in [0.1, 0.15) is 0 Å². The Hall–Kier alpha value is -2.14. The highest BCUT2D eigenvalue weighted by atomic mass is 16.3. The third kappa shape index (κ3) is 4.73. The van der Waals surface area contributed by atoms with Gasteiger partial charge in [-0.15, -0.1) is 0 Å². The highest BCUT2D eigenvalue weighted by molar-refractivity contribution is 5.76. The van der Waals surface area contributed by atoms with E-state index in [-0.39, 0.29) is 17.9 Å². The maximum absolute atomic E-state index is 12.5. The van der Waals surface area contributed by atoms with E-state index in [0.717, 1.165) is 50.8 Å². The number of aliphatic hydroxyl groups is 1. The molecule has 0 atom stereocenters. The number of aryl methyl sites for hydroxylation is 3. The van der Waals surface area contributed by atoms with Crippen LogP contribution in [0.2, 0.25) is 0 Å². The third-order valence-electron chi connectivity index (χ3n) is 5.68. The first kappa shape index (κ1) is 18.6. The standard InChI is InChI=1S/C21H29N3O2/c1-23-16-19(15-22-23)7-8-20(26)24-13-11-21(17-25,12-14-24)10-9-18-5-3-2-4-6-18/h2-6,15-16,25H,7-14,17H2,1H3. The van der Waals surface area contributed by atoms with Crippen molar-refractivity contribution in [2.75, 3.05) is 19.7 Å². The summed E-state index contributed by atoms with van der Waals surface area (Å²) in [7, 11) is 1.89. The molecule has 1 fully saturated rings. The average Bonchev–Trinajstić information content (AvgIpc) is 3.11. The van der Waals surface area contributed by atoms with Crippen LogP contribution in [0.15, 0.2) is 42.7 Å². The van der Waals surface area contributed by atoms with Gasteiger partial charge in [0.2, 0.25) is 5.91 Å². The van der Waals surface area contributed by atoms with E-state index in [1.165, 1.54) is 5.56 Å². The fraction of sp³-hybridized carbons (Fsp3) is 0.524. The molecule has 2 aromatic rings. The lowest BCUT2D eigenvalue weighted by molar-refractivity contribution is -0.134. The molecule has 3 rings (SSSR count). The Kier molecular flexibility index (Phi) is 6.09. The Morgan fingerprint density at radius 3 is 2.50 bits per heavy atom. The Balaban J connectivity index is 1.47. The number of nitrogens with zero attached hydrogens (tertiary/aromatic N) is 3. The fourth-order valence-corrected chi connectivity index (χ4v) is 3.78. The van der Waals surface area contributed by atoms with Gasteiger partial charge in [-0.25, -0.2) is 0 Å². The summed E-state index contributed by atoms with van der Waals surface area (Å²) >= 11 is 0. The number of hydrogen-bond donors (Lipinski definition) is 1. The van der Waals surface area contributed by atoms with Gasteiger partial charge in [0.05, 0.1) is 6.20 Å². The minimum absolute atomic E-state index is 0.0457. The van der Waals surface area contributed by atoms with Gasteiger partial charge in [-0.05, 0) is 48.6 Å². The second-order valence-corrected chi connectivity index (χ2v) is 7.55. The van der Waals surface area contributed by atoms with Crippen LogP contribution in [-0.2, 0) is 24.7 Å². The molecule has 0 radical (unpaired) electrons. The average molecular weight is 355 g/mol. The highest BCUT2D eigenvalue weighted by Crippen LogP contribution is 2.36. The van der Waals surface area contributed by atoms with Gasteiger partial charge < -0.3 is 10.0 Å².